The smallest absolute Gasteiger partial charge is 0.311 e. The fourth-order valence-electron chi connectivity index (χ4n) is 2.01. The molecule has 7 nitrogen and oxygen atoms in total. The normalized spacial score (nSPS) is 10.5. The van der Waals surface area contributed by atoms with Gasteiger partial charge in [0.2, 0.25) is 5.82 Å². The fraction of sp³-hybridized carbons (Fsp3) is 0.286. The summed E-state index contributed by atoms with van der Waals surface area (Å²) in [6.07, 6.45) is 1.59. The molecule has 0 amide bonds. The topological polar surface area (TPSA) is 92.4 Å². The van der Waals surface area contributed by atoms with Gasteiger partial charge >= 0.3 is 5.69 Å². The first-order valence-electron chi connectivity index (χ1n) is 6.59. The van der Waals surface area contributed by atoms with Crippen LogP contribution in [0.1, 0.15) is 11.3 Å². The van der Waals surface area contributed by atoms with Crippen LogP contribution in [0.3, 0.4) is 0 Å². The van der Waals surface area contributed by atoms with Crippen LogP contribution in [0.4, 0.5) is 11.5 Å². The molecule has 0 spiro atoms. The van der Waals surface area contributed by atoms with E-state index in [2.05, 4.69) is 9.97 Å². The molecular formula is C14H15ClN4O3. The Labute approximate surface area is 132 Å². The molecule has 0 bridgehead atoms. The van der Waals surface area contributed by atoms with Gasteiger partial charge in [-0.25, -0.2) is 9.97 Å². The molecule has 0 saturated heterocycles. The lowest BCUT2D eigenvalue weighted by Crippen LogP contribution is -2.28. The third kappa shape index (κ3) is 3.90. The largest absolute Gasteiger partial charge is 0.395 e. The van der Waals surface area contributed by atoms with E-state index >= 15 is 0 Å². The van der Waals surface area contributed by atoms with Crippen molar-refractivity contribution < 1.29 is 10.0 Å². The quantitative estimate of drug-likeness (QED) is 0.498. The summed E-state index contributed by atoms with van der Waals surface area (Å²) in [7, 11) is 0. The number of anilines is 1. The van der Waals surface area contributed by atoms with E-state index in [9.17, 15) is 15.2 Å². The number of rotatable bonds is 6. The third-order valence-electron chi connectivity index (χ3n) is 3.02. The number of pyridine rings is 2. The average Bonchev–Trinajstić information content (AvgIpc) is 2.48. The molecule has 2 rings (SSSR count). The molecule has 1 N–H and O–H groups in total. The SMILES string of the molecule is Cc1ccc([N+](=O)[O-])c(N(CCO)Cc2ccc(Cl)nc2)n1. The van der Waals surface area contributed by atoms with Crippen LogP contribution in [0.5, 0.6) is 0 Å². The number of hydrogen-bond acceptors (Lipinski definition) is 6. The first kappa shape index (κ1) is 16.1. The van der Waals surface area contributed by atoms with Crippen LogP contribution in [0, 0.1) is 17.0 Å². The molecular weight excluding hydrogens is 308 g/mol. The van der Waals surface area contributed by atoms with Gasteiger partial charge in [0.15, 0.2) is 0 Å². The van der Waals surface area contributed by atoms with Crippen molar-refractivity contribution >= 4 is 23.1 Å². The number of aromatic nitrogens is 2. The second kappa shape index (κ2) is 7.15. The summed E-state index contributed by atoms with van der Waals surface area (Å²) in [5.74, 6) is 0.231. The fourth-order valence-corrected chi connectivity index (χ4v) is 2.12. The second-order valence-corrected chi connectivity index (χ2v) is 5.07. The van der Waals surface area contributed by atoms with Crippen LogP contribution in [0.2, 0.25) is 5.15 Å². The average molecular weight is 323 g/mol. The number of aliphatic hydroxyl groups is 1. The van der Waals surface area contributed by atoms with Gasteiger partial charge in [0.05, 0.1) is 11.5 Å². The number of halogens is 1. The molecule has 0 aliphatic heterocycles. The number of aryl methyl sites for hydroxylation is 1. The summed E-state index contributed by atoms with van der Waals surface area (Å²) < 4.78 is 0. The highest BCUT2D eigenvalue weighted by molar-refractivity contribution is 6.29. The standard InChI is InChI=1S/C14H15ClN4O3/c1-10-2-4-12(19(21)22)14(17-10)18(6-7-20)9-11-3-5-13(15)16-8-11/h2-5,8,20H,6-7,9H2,1H3. The Hall–Kier alpha value is -2.25. The molecule has 0 fully saturated rings. The Morgan fingerprint density at radius 3 is 2.73 bits per heavy atom. The Kier molecular flexibility index (Phi) is 5.24. The lowest BCUT2D eigenvalue weighted by molar-refractivity contribution is -0.384. The maximum atomic E-state index is 11.2. The van der Waals surface area contributed by atoms with Crippen LogP contribution < -0.4 is 4.90 Å². The van der Waals surface area contributed by atoms with Gasteiger partial charge in [-0.2, -0.15) is 0 Å². The maximum absolute atomic E-state index is 11.2. The third-order valence-corrected chi connectivity index (χ3v) is 3.25. The number of hydrogen-bond donors (Lipinski definition) is 1. The number of nitro groups is 1. The zero-order chi connectivity index (χ0) is 16.1. The molecule has 0 atom stereocenters. The molecule has 8 heteroatoms. The van der Waals surface area contributed by atoms with Crippen molar-refractivity contribution in [2.24, 2.45) is 0 Å². The highest BCUT2D eigenvalue weighted by Crippen LogP contribution is 2.27. The molecule has 116 valence electrons. The zero-order valence-corrected chi connectivity index (χ0v) is 12.7. The Morgan fingerprint density at radius 1 is 1.36 bits per heavy atom. The molecule has 2 aromatic heterocycles. The van der Waals surface area contributed by atoms with Gasteiger partial charge in [-0.3, -0.25) is 10.1 Å². The highest BCUT2D eigenvalue weighted by Gasteiger charge is 2.21. The highest BCUT2D eigenvalue weighted by atomic mass is 35.5. The predicted molar refractivity (Wildman–Crippen MR) is 83.0 cm³/mol. The molecule has 0 radical (unpaired) electrons. The van der Waals surface area contributed by atoms with E-state index in [-0.39, 0.29) is 24.7 Å². The van der Waals surface area contributed by atoms with Crippen molar-refractivity contribution in [2.45, 2.75) is 13.5 Å². The van der Waals surface area contributed by atoms with Crippen molar-refractivity contribution in [3.63, 3.8) is 0 Å². The van der Waals surface area contributed by atoms with E-state index in [1.807, 2.05) is 0 Å². The van der Waals surface area contributed by atoms with E-state index in [1.165, 1.54) is 6.07 Å². The minimum absolute atomic E-state index is 0.0963. The van der Waals surface area contributed by atoms with Gasteiger partial charge in [0, 0.05) is 31.0 Å². The number of nitrogens with zero attached hydrogens (tertiary/aromatic N) is 4. The van der Waals surface area contributed by atoms with Crippen molar-refractivity contribution in [1.82, 2.24) is 9.97 Å². The molecule has 0 aromatic carbocycles. The molecule has 22 heavy (non-hydrogen) atoms. The summed E-state index contributed by atoms with van der Waals surface area (Å²) in [5.41, 5.74) is 1.38. The summed E-state index contributed by atoms with van der Waals surface area (Å²) in [6.45, 7) is 2.17. The van der Waals surface area contributed by atoms with Crippen LogP contribution >= 0.6 is 11.6 Å². The first-order chi connectivity index (χ1) is 10.5. The lowest BCUT2D eigenvalue weighted by atomic mass is 10.2. The van der Waals surface area contributed by atoms with Crippen LogP contribution in [0.25, 0.3) is 0 Å². The first-order valence-corrected chi connectivity index (χ1v) is 6.97. The van der Waals surface area contributed by atoms with Gasteiger partial charge in [-0.05, 0) is 24.6 Å². The summed E-state index contributed by atoms with van der Waals surface area (Å²) >= 11 is 5.75. The van der Waals surface area contributed by atoms with Gasteiger partial charge in [-0.1, -0.05) is 17.7 Å². The van der Waals surface area contributed by atoms with Gasteiger partial charge in [0.25, 0.3) is 0 Å². The van der Waals surface area contributed by atoms with E-state index in [0.29, 0.717) is 17.4 Å². The minimum Gasteiger partial charge on any atom is -0.395 e. The zero-order valence-electron chi connectivity index (χ0n) is 11.9. The van der Waals surface area contributed by atoms with Gasteiger partial charge < -0.3 is 10.0 Å². The summed E-state index contributed by atoms with van der Waals surface area (Å²) in [5, 5.41) is 20.8. The van der Waals surface area contributed by atoms with Crippen molar-refractivity contribution in [3.05, 3.63) is 57.0 Å². The Balaban J connectivity index is 2.36. The maximum Gasteiger partial charge on any atom is 0.311 e. The van der Waals surface area contributed by atoms with Crippen molar-refractivity contribution in [2.75, 3.05) is 18.1 Å². The van der Waals surface area contributed by atoms with E-state index in [4.69, 9.17) is 11.6 Å². The molecule has 0 unspecified atom stereocenters. The summed E-state index contributed by atoms with van der Waals surface area (Å²) in [4.78, 5) is 20.6. The summed E-state index contributed by atoms with van der Waals surface area (Å²) in [6, 6.07) is 6.43. The Morgan fingerprint density at radius 2 is 2.14 bits per heavy atom. The molecule has 2 heterocycles. The molecule has 0 aliphatic carbocycles. The minimum atomic E-state index is -0.480. The lowest BCUT2D eigenvalue weighted by Gasteiger charge is -2.22. The van der Waals surface area contributed by atoms with E-state index < -0.39 is 4.92 Å². The molecule has 0 aliphatic rings. The monoisotopic (exact) mass is 322 g/mol. The number of aliphatic hydroxyl groups excluding tert-OH is 1. The van der Waals surface area contributed by atoms with Gasteiger partial charge in [-0.15, -0.1) is 0 Å². The van der Waals surface area contributed by atoms with Crippen LogP contribution in [0.15, 0.2) is 30.5 Å². The second-order valence-electron chi connectivity index (χ2n) is 4.69. The van der Waals surface area contributed by atoms with Crippen LogP contribution in [-0.4, -0.2) is 33.1 Å². The molecule has 0 saturated carbocycles. The van der Waals surface area contributed by atoms with Crippen LogP contribution in [-0.2, 0) is 6.54 Å². The predicted octanol–water partition coefficient (Wildman–Crippen LogP) is 2.35. The molecule has 2 aromatic rings. The van der Waals surface area contributed by atoms with Crippen molar-refractivity contribution in [3.8, 4) is 0 Å². The van der Waals surface area contributed by atoms with Crippen molar-refractivity contribution in [1.29, 1.82) is 0 Å². The Bertz CT molecular complexity index is 664. The van der Waals surface area contributed by atoms with E-state index in [0.717, 1.165) is 5.56 Å². The van der Waals surface area contributed by atoms with E-state index in [1.54, 1.807) is 36.2 Å². The van der Waals surface area contributed by atoms with Gasteiger partial charge in [0.1, 0.15) is 5.15 Å².